The van der Waals surface area contributed by atoms with Gasteiger partial charge in [-0.1, -0.05) is 56.8 Å². The Bertz CT molecular complexity index is 570. The monoisotopic (exact) mass is 383 g/mol. The average Bonchev–Trinajstić information content (AvgIpc) is 2.62. The lowest BCUT2D eigenvalue weighted by atomic mass is 10.0. The van der Waals surface area contributed by atoms with Gasteiger partial charge >= 0.3 is 0 Å². The van der Waals surface area contributed by atoms with Gasteiger partial charge in [0.25, 0.3) is 0 Å². The summed E-state index contributed by atoms with van der Waals surface area (Å²) in [6, 6.07) is 7.55. The zero-order valence-corrected chi connectivity index (χ0v) is 14.0. The van der Waals surface area contributed by atoms with Gasteiger partial charge in [-0.25, -0.2) is 0 Å². The van der Waals surface area contributed by atoms with E-state index in [-0.39, 0.29) is 6.04 Å². The molecular weight excluding hydrogens is 376 g/mol. The molecule has 0 fully saturated rings. The van der Waals surface area contributed by atoms with Crippen molar-refractivity contribution in [1.29, 1.82) is 0 Å². The molecule has 0 bridgehead atoms. The highest BCUT2D eigenvalue weighted by atomic mass is 79.9. The van der Waals surface area contributed by atoms with E-state index >= 15 is 0 Å². The van der Waals surface area contributed by atoms with Crippen LogP contribution in [0.4, 0.5) is 0 Å². The molecule has 0 amide bonds. The predicted octanol–water partition coefficient (Wildman–Crippen LogP) is 5.78. The molecule has 0 saturated carbocycles. The van der Waals surface area contributed by atoms with Crippen molar-refractivity contribution in [3.8, 4) is 0 Å². The molecule has 1 aromatic carbocycles. The number of hydrogen-bond donors (Lipinski definition) is 1. The van der Waals surface area contributed by atoms with Crippen LogP contribution in [0.2, 0.25) is 13.7 Å². The summed E-state index contributed by atoms with van der Waals surface area (Å²) in [6.45, 7) is 0. The normalized spacial score (nSPS) is 12.7. The molecule has 1 nitrogen and oxygen atoms in total. The van der Waals surface area contributed by atoms with Gasteiger partial charge in [0, 0.05) is 15.1 Å². The highest BCUT2D eigenvalue weighted by molar-refractivity contribution is 9.10. The summed E-state index contributed by atoms with van der Waals surface area (Å²) in [6.07, 6.45) is 0. The minimum absolute atomic E-state index is 0.0205. The van der Waals surface area contributed by atoms with E-state index in [4.69, 9.17) is 34.8 Å². The van der Waals surface area contributed by atoms with Crippen LogP contribution in [0.15, 0.2) is 28.7 Å². The maximum absolute atomic E-state index is 6.20. The molecule has 0 aliphatic heterocycles. The van der Waals surface area contributed by atoms with Gasteiger partial charge in [0.1, 0.15) is 0 Å². The third-order valence-corrected chi connectivity index (χ3v) is 5.00. The fraction of sp³-hybridized carbons (Fsp3) is 0.167. The van der Waals surface area contributed by atoms with E-state index in [9.17, 15) is 0 Å². The summed E-state index contributed by atoms with van der Waals surface area (Å²) < 4.78 is 2.31. The first-order valence-electron chi connectivity index (χ1n) is 5.10. The summed E-state index contributed by atoms with van der Waals surface area (Å²) in [7, 11) is 1.88. The number of hydrogen-bond acceptors (Lipinski definition) is 2. The van der Waals surface area contributed by atoms with E-state index < -0.39 is 0 Å². The van der Waals surface area contributed by atoms with Gasteiger partial charge in [-0.05, 0) is 30.8 Å². The van der Waals surface area contributed by atoms with Gasteiger partial charge in [-0.2, -0.15) is 0 Å². The number of halogens is 4. The molecule has 2 rings (SSSR count). The molecule has 6 heteroatoms. The van der Waals surface area contributed by atoms with Crippen molar-refractivity contribution in [2.45, 2.75) is 6.04 Å². The smallest absolute Gasteiger partial charge is 0.0995 e. The summed E-state index contributed by atoms with van der Waals surface area (Å²) in [5, 5.41) is 3.93. The standard InChI is InChI=1S/C12H9BrCl3NS/c1-17-11(8-5-10(15)18-12(8)16)7-3-2-6(14)4-9(7)13/h2-5,11,17H,1H3. The van der Waals surface area contributed by atoms with E-state index in [1.165, 1.54) is 11.3 Å². The van der Waals surface area contributed by atoms with E-state index in [0.717, 1.165) is 15.6 Å². The largest absolute Gasteiger partial charge is 0.309 e. The maximum atomic E-state index is 6.20. The van der Waals surface area contributed by atoms with Crippen LogP contribution >= 0.6 is 62.1 Å². The van der Waals surface area contributed by atoms with Crippen molar-refractivity contribution in [3.63, 3.8) is 0 Å². The lowest BCUT2D eigenvalue weighted by molar-refractivity contribution is 0.691. The van der Waals surface area contributed by atoms with E-state index in [0.29, 0.717) is 13.7 Å². The number of rotatable bonds is 3. The topological polar surface area (TPSA) is 12.0 Å². The van der Waals surface area contributed by atoms with Crippen molar-refractivity contribution < 1.29 is 0 Å². The summed E-state index contributed by atoms with van der Waals surface area (Å²) in [4.78, 5) is 0. The van der Waals surface area contributed by atoms with Crippen molar-refractivity contribution in [2.24, 2.45) is 0 Å². The highest BCUT2D eigenvalue weighted by Crippen LogP contribution is 2.39. The second-order valence-electron chi connectivity index (χ2n) is 3.67. The van der Waals surface area contributed by atoms with Gasteiger partial charge in [0.15, 0.2) is 0 Å². The Hall–Kier alpha value is 0.230. The predicted molar refractivity (Wildman–Crippen MR) is 84.4 cm³/mol. The van der Waals surface area contributed by atoms with Crippen LogP contribution < -0.4 is 5.32 Å². The van der Waals surface area contributed by atoms with Gasteiger partial charge < -0.3 is 5.32 Å². The minimum Gasteiger partial charge on any atom is -0.309 e. The Morgan fingerprint density at radius 2 is 1.89 bits per heavy atom. The molecule has 0 aliphatic carbocycles. The van der Waals surface area contributed by atoms with Crippen molar-refractivity contribution in [2.75, 3.05) is 7.05 Å². The quantitative estimate of drug-likeness (QED) is 0.706. The van der Waals surface area contributed by atoms with Gasteiger partial charge in [-0.15, -0.1) is 11.3 Å². The fourth-order valence-electron chi connectivity index (χ4n) is 1.76. The van der Waals surface area contributed by atoms with Crippen molar-refractivity contribution in [1.82, 2.24) is 5.32 Å². The minimum atomic E-state index is -0.0205. The van der Waals surface area contributed by atoms with E-state index in [1.54, 1.807) is 0 Å². The van der Waals surface area contributed by atoms with Crippen LogP contribution in [0.1, 0.15) is 17.2 Å². The molecule has 0 radical (unpaired) electrons. The zero-order valence-electron chi connectivity index (χ0n) is 9.31. The first-order chi connectivity index (χ1) is 8.52. The maximum Gasteiger partial charge on any atom is 0.0995 e. The molecule has 0 saturated heterocycles. The van der Waals surface area contributed by atoms with Crippen molar-refractivity contribution in [3.05, 3.63) is 53.6 Å². The average molecular weight is 386 g/mol. The summed E-state index contributed by atoms with van der Waals surface area (Å²) in [5.41, 5.74) is 2.04. The van der Waals surface area contributed by atoms with Crippen LogP contribution in [0.5, 0.6) is 0 Å². The summed E-state index contributed by atoms with van der Waals surface area (Å²) in [5.74, 6) is 0. The molecule has 18 heavy (non-hydrogen) atoms. The Balaban J connectivity index is 2.48. The third-order valence-electron chi connectivity index (χ3n) is 2.56. The molecule has 0 spiro atoms. The van der Waals surface area contributed by atoms with Crippen molar-refractivity contribution >= 4 is 62.1 Å². The van der Waals surface area contributed by atoms with Crippen LogP contribution in [-0.4, -0.2) is 7.05 Å². The Kier molecular flexibility index (Phi) is 4.98. The molecule has 1 aromatic heterocycles. The highest BCUT2D eigenvalue weighted by Gasteiger charge is 2.20. The van der Waals surface area contributed by atoms with Gasteiger partial charge in [0.05, 0.1) is 14.7 Å². The number of nitrogens with one attached hydrogen (secondary N) is 1. The van der Waals surface area contributed by atoms with Crippen LogP contribution in [-0.2, 0) is 0 Å². The van der Waals surface area contributed by atoms with E-state index in [1.807, 2.05) is 31.3 Å². The Morgan fingerprint density at radius 1 is 1.17 bits per heavy atom. The van der Waals surface area contributed by atoms with Crippen LogP contribution in [0, 0.1) is 0 Å². The first kappa shape index (κ1) is 14.6. The van der Waals surface area contributed by atoms with Crippen LogP contribution in [0.25, 0.3) is 0 Å². The molecule has 1 atom stereocenters. The molecule has 2 aromatic rings. The second kappa shape index (κ2) is 6.12. The van der Waals surface area contributed by atoms with Gasteiger partial charge in [-0.3, -0.25) is 0 Å². The summed E-state index contributed by atoms with van der Waals surface area (Å²) >= 11 is 23.0. The van der Waals surface area contributed by atoms with Gasteiger partial charge in [0.2, 0.25) is 0 Å². The first-order valence-corrected chi connectivity index (χ1v) is 7.84. The number of benzene rings is 1. The fourth-order valence-corrected chi connectivity index (χ4v) is 4.21. The lowest BCUT2D eigenvalue weighted by Gasteiger charge is -2.18. The molecule has 1 heterocycles. The molecule has 0 aliphatic rings. The molecule has 1 N–H and O–H groups in total. The molecular formula is C12H9BrCl3NS. The number of thiophene rings is 1. The Labute approximate surface area is 133 Å². The second-order valence-corrected chi connectivity index (χ2v) is 7.24. The Morgan fingerprint density at radius 3 is 2.39 bits per heavy atom. The van der Waals surface area contributed by atoms with Crippen LogP contribution in [0.3, 0.4) is 0 Å². The zero-order chi connectivity index (χ0) is 13.3. The lowest BCUT2D eigenvalue weighted by Crippen LogP contribution is -2.17. The van der Waals surface area contributed by atoms with E-state index in [2.05, 4.69) is 21.2 Å². The SMILES string of the molecule is CNC(c1ccc(Cl)cc1Br)c1cc(Cl)sc1Cl. The molecule has 1 unspecified atom stereocenters. The molecule has 96 valence electrons. The third kappa shape index (κ3) is 3.03.